The van der Waals surface area contributed by atoms with E-state index in [0.717, 1.165) is 16.7 Å². The van der Waals surface area contributed by atoms with Gasteiger partial charge in [0.05, 0.1) is 11.5 Å². The number of carbonyl (C=O) groups excluding carboxylic acids is 1. The highest BCUT2D eigenvalue weighted by Gasteiger charge is 2.22. The maximum atomic E-state index is 12.5. The van der Waals surface area contributed by atoms with Gasteiger partial charge in [-0.05, 0) is 69.9 Å². The molecule has 0 fully saturated rings. The molecule has 0 spiro atoms. The summed E-state index contributed by atoms with van der Waals surface area (Å²) in [4.78, 5) is 14.2. The van der Waals surface area contributed by atoms with Gasteiger partial charge in [-0.2, -0.15) is 8.42 Å². The Morgan fingerprint density at radius 1 is 0.923 bits per heavy atom. The van der Waals surface area contributed by atoms with Crippen LogP contribution in [-0.2, 0) is 25.5 Å². The van der Waals surface area contributed by atoms with Crippen molar-refractivity contribution < 1.29 is 26.9 Å². The number of nitrogens with zero attached hydrogens (tertiary/aromatic N) is 1. The third-order valence-electron chi connectivity index (χ3n) is 5.98. The molecule has 1 atom stereocenters. The molecule has 0 saturated carbocycles. The average molecular weight is 554 g/mol. The van der Waals surface area contributed by atoms with E-state index in [0.29, 0.717) is 31.6 Å². The normalized spacial score (nSPS) is 12.5. The van der Waals surface area contributed by atoms with Gasteiger partial charge in [-0.25, -0.2) is 4.79 Å². The topological polar surface area (TPSA) is 82.1 Å². The monoisotopic (exact) mass is 553 g/mol. The largest absolute Gasteiger partial charge is 0.485 e. The predicted octanol–water partition coefficient (Wildman–Crippen LogP) is 6.71. The minimum atomic E-state index is -3.80. The van der Waals surface area contributed by atoms with Crippen LogP contribution in [0.1, 0.15) is 56.4 Å². The molecular formula is C31H39NO6S. The van der Waals surface area contributed by atoms with Crippen LogP contribution in [0.15, 0.2) is 83.8 Å². The molecule has 0 unspecified atom stereocenters. The van der Waals surface area contributed by atoms with E-state index in [1.54, 1.807) is 36.2 Å². The van der Waals surface area contributed by atoms with E-state index < -0.39 is 15.7 Å². The molecule has 0 saturated heterocycles. The number of ether oxygens (including phenoxy) is 2. The molecule has 0 N–H and O–H groups in total. The van der Waals surface area contributed by atoms with E-state index in [1.807, 2.05) is 82.3 Å². The quantitative estimate of drug-likeness (QED) is 0.183. The molecule has 0 heterocycles. The number of hydrogen-bond donors (Lipinski definition) is 0. The smallest absolute Gasteiger partial charge is 0.410 e. The molecule has 0 aliphatic carbocycles. The molecular weight excluding hydrogens is 514 g/mol. The van der Waals surface area contributed by atoms with Gasteiger partial charge in [0.1, 0.15) is 17.5 Å². The fraction of sp³-hybridized carbons (Fsp3) is 0.387. The van der Waals surface area contributed by atoms with Crippen molar-refractivity contribution in [3.05, 3.63) is 95.6 Å². The van der Waals surface area contributed by atoms with Crippen molar-refractivity contribution in [2.45, 2.75) is 63.6 Å². The molecule has 8 heteroatoms. The lowest BCUT2D eigenvalue weighted by molar-refractivity contribution is 0.0278. The Morgan fingerprint density at radius 2 is 1.56 bits per heavy atom. The first kappa shape index (κ1) is 30.2. The van der Waals surface area contributed by atoms with Gasteiger partial charge in [-0.15, -0.1) is 0 Å². The van der Waals surface area contributed by atoms with Crippen LogP contribution >= 0.6 is 0 Å². The van der Waals surface area contributed by atoms with Gasteiger partial charge in [0.2, 0.25) is 0 Å². The van der Waals surface area contributed by atoms with Crippen molar-refractivity contribution in [2.24, 2.45) is 0 Å². The van der Waals surface area contributed by atoms with E-state index in [1.165, 1.54) is 0 Å². The number of carbonyl (C=O) groups is 1. The Labute approximate surface area is 232 Å². The van der Waals surface area contributed by atoms with Crippen molar-refractivity contribution in [1.82, 2.24) is 4.90 Å². The predicted molar refractivity (Wildman–Crippen MR) is 152 cm³/mol. The third-order valence-corrected chi connectivity index (χ3v) is 7.31. The second kappa shape index (κ2) is 13.6. The lowest BCUT2D eigenvalue weighted by Crippen LogP contribution is -2.35. The molecule has 1 amide bonds. The standard InChI is InChI=1S/C31H39NO6S/c1-24-17-19-27(20-18-24)39(34,35)36-23-11-15-26-14-9-10-16-28(26)37-29(25-12-7-6-8-13-25)21-22-32(5)30(33)38-31(2,3)4/h6-10,12-14,16-20,29H,11,15,21-23H2,1-5H3/t29-/m1/s1. The zero-order chi connectivity index (χ0) is 28.5. The molecule has 7 nitrogen and oxygen atoms in total. The van der Waals surface area contributed by atoms with Gasteiger partial charge in [0, 0.05) is 20.0 Å². The molecule has 3 aromatic rings. The summed E-state index contributed by atoms with van der Waals surface area (Å²) in [5.41, 5.74) is 2.37. The van der Waals surface area contributed by atoms with Crippen molar-refractivity contribution in [3.63, 3.8) is 0 Å². The van der Waals surface area contributed by atoms with Crippen LogP contribution in [0, 0.1) is 6.92 Å². The van der Waals surface area contributed by atoms with Gasteiger partial charge in [-0.3, -0.25) is 4.18 Å². The first-order valence-electron chi connectivity index (χ1n) is 13.1. The molecule has 0 bridgehead atoms. The number of benzene rings is 3. The van der Waals surface area contributed by atoms with E-state index in [2.05, 4.69) is 0 Å². The number of amides is 1. The Morgan fingerprint density at radius 3 is 2.23 bits per heavy atom. The highest BCUT2D eigenvalue weighted by Crippen LogP contribution is 2.29. The Bertz CT molecular complexity index is 1300. The van der Waals surface area contributed by atoms with Gasteiger partial charge in [0.15, 0.2) is 0 Å². The molecule has 210 valence electrons. The van der Waals surface area contributed by atoms with Crippen LogP contribution in [0.3, 0.4) is 0 Å². The van der Waals surface area contributed by atoms with Crippen LogP contribution in [0.2, 0.25) is 0 Å². The lowest BCUT2D eigenvalue weighted by atomic mass is 10.0. The Kier molecular flexibility index (Phi) is 10.5. The molecule has 0 aromatic heterocycles. The van der Waals surface area contributed by atoms with E-state index in [-0.39, 0.29) is 23.7 Å². The van der Waals surface area contributed by atoms with Gasteiger partial charge in [-0.1, -0.05) is 66.2 Å². The average Bonchev–Trinajstić information content (AvgIpc) is 2.89. The maximum absolute atomic E-state index is 12.5. The van der Waals surface area contributed by atoms with Crippen LogP contribution in [-0.4, -0.2) is 45.2 Å². The fourth-order valence-corrected chi connectivity index (χ4v) is 4.83. The first-order chi connectivity index (χ1) is 18.4. The highest BCUT2D eigenvalue weighted by atomic mass is 32.2. The summed E-state index contributed by atoms with van der Waals surface area (Å²) in [6, 6.07) is 24.2. The molecule has 0 aliphatic heterocycles. The van der Waals surface area contributed by atoms with E-state index >= 15 is 0 Å². The number of rotatable bonds is 12. The van der Waals surface area contributed by atoms with Crippen molar-refractivity contribution >= 4 is 16.2 Å². The number of hydrogen-bond acceptors (Lipinski definition) is 6. The summed E-state index contributed by atoms with van der Waals surface area (Å²) in [7, 11) is -2.09. The van der Waals surface area contributed by atoms with Crippen LogP contribution < -0.4 is 4.74 Å². The van der Waals surface area contributed by atoms with Gasteiger partial charge in [0.25, 0.3) is 10.1 Å². The second-order valence-electron chi connectivity index (χ2n) is 10.5. The summed E-state index contributed by atoms with van der Waals surface area (Å²) in [5.74, 6) is 0.715. The summed E-state index contributed by atoms with van der Waals surface area (Å²) in [5, 5.41) is 0. The molecule has 3 rings (SSSR count). The van der Waals surface area contributed by atoms with Crippen molar-refractivity contribution in [2.75, 3.05) is 20.2 Å². The lowest BCUT2D eigenvalue weighted by Gasteiger charge is -2.27. The summed E-state index contributed by atoms with van der Waals surface area (Å²) < 4.78 is 42.2. The van der Waals surface area contributed by atoms with E-state index in [4.69, 9.17) is 13.7 Å². The summed E-state index contributed by atoms with van der Waals surface area (Å²) in [6.45, 7) is 7.94. The zero-order valence-electron chi connectivity index (χ0n) is 23.4. The van der Waals surface area contributed by atoms with Crippen LogP contribution in [0.5, 0.6) is 5.75 Å². The summed E-state index contributed by atoms with van der Waals surface area (Å²) >= 11 is 0. The van der Waals surface area contributed by atoms with E-state index in [9.17, 15) is 13.2 Å². The molecule has 3 aromatic carbocycles. The molecule has 0 aliphatic rings. The minimum Gasteiger partial charge on any atom is -0.485 e. The Balaban J connectivity index is 1.64. The first-order valence-corrected chi connectivity index (χ1v) is 14.6. The SMILES string of the molecule is Cc1ccc(S(=O)(=O)OCCCc2ccccc2O[C@H](CCN(C)C(=O)OC(C)(C)C)c2ccccc2)cc1. The second-order valence-corrected chi connectivity index (χ2v) is 12.1. The third kappa shape index (κ3) is 9.71. The van der Waals surface area contributed by atoms with Gasteiger partial charge >= 0.3 is 6.09 Å². The molecule has 39 heavy (non-hydrogen) atoms. The number of para-hydroxylation sites is 1. The van der Waals surface area contributed by atoms with Crippen molar-refractivity contribution in [1.29, 1.82) is 0 Å². The van der Waals surface area contributed by atoms with Gasteiger partial charge < -0.3 is 14.4 Å². The summed E-state index contributed by atoms with van der Waals surface area (Å²) in [6.07, 6.45) is 0.971. The minimum absolute atomic E-state index is 0.0628. The van der Waals surface area contributed by atoms with Crippen LogP contribution in [0.25, 0.3) is 0 Å². The van der Waals surface area contributed by atoms with Crippen molar-refractivity contribution in [3.8, 4) is 5.75 Å². The van der Waals surface area contributed by atoms with Crippen LogP contribution in [0.4, 0.5) is 4.79 Å². The zero-order valence-corrected chi connectivity index (χ0v) is 24.2. The molecule has 0 radical (unpaired) electrons. The number of aryl methyl sites for hydroxylation is 2. The Hall–Kier alpha value is -3.36. The maximum Gasteiger partial charge on any atom is 0.410 e. The highest BCUT2D eigenvalue weighted by molar-refractivity contribution is 7.86. The fourth-order valence-electron chi connectivity index (χ4n) is 3.89.